The van der Waals surface area contributed by atoms with Crippen LogP contribution in [0.4, 0.5) is 5.69 Å². The molecule has 0 saturated carbocycles. The molecule has 0 N–H and O–H groups in total. The number of nitrogens with zero attached hydrogens (tertiary/aromatic N) is 2. The van der Waals surface area contributed by atoms with Crippen molar-refractivity contribution in [3.05, 3.63) is 102 Å². The van der Waals surface area contributed by atoms with E-state index in [2.05, 4.69) is 25.1 Å². The molecule has 3 heteroatoms. The lowest BCUT2D eigenvalue weighted by molar-refractivity contribution is -0.119. The zero-order valence-corrected chi connectivity index (χ0v) is 14.7. The molecule has 3 nitrogen and oxygen atoms in total. The Kier molecular flexibility index (Phi) is 4.36. The number of carbonyl (C=O) groups excluding carboxylic acids is 1. The molecule has 0 bridgehead atoms. The van der Waals surface area contributed by atoms with Gasteiger partial charge in [0.1, 0.15) is 0 Å². The van der Waals surface area contributed by atoms with Crippen LogP contribution in [-0.2, 0) is 11.2 Å². The number of aryl methyl sites for hydroxylation is 1. The molecule has 1 aliphatic heterocycles. The van der Waals surface area contributed by atoms with E-state index in [-0.39, 0.29) is 11.8 Å². The second-order valence-electron chi connectivity index (χ2n) is 6.58. The number of amides is 1. The largest absolute Gasteiger partial charge is 0.272 e. The lowest BCUT2D eigenvalue weighted by Crippen LogP contribution is -2.29. The van der Waals surface area contributed by atoms with Crippen molar-refractivity contribution in [1.29, 1.82) is 0 Å². The molecular formula is C23H20N2O. The van der Waals surface area contributed by atoms with Crippen molar-refractivity contribution in [2.75, 3.05) is 5.01 Å². The fourth-order valence-corrected chi connectivity index (χ4v) is 3.37. The number of anilines is 1. The Labute approximate surface area is 153 Å². The maximum absolute atomic E-state index is 13.2. The van der Waals surface area contributed by atoms with Crippen LogP contribution in [0, 0.1) is 12.8 Å². The molecule has 1 heterocycles. The van der Waals surface area contributed by atoms with Crippen molar-refractivity contribution in [2.24, 2.45) is 11.0 Å². The lowest BCUT2D eigenvalue weighted by Gasteiger charge is -2.15. The van der Waals surface area contributed by atoms with Gasteiger partial charge in [-0.25, -0.2) is 0 Å². The SMILES string of the molecule is Cc1cccc(CC2C(=O)N(c3ccccc3)N=C2c2ccccc2)c1. The Morgan fingerprint density at radius 1 is 0.885 bits per heavy atom. The normalized spacial score (nSPS) is 16.7. The van der Waals surface area contributed by atoms with Crippen LogP contribution in [0.3, 0.4) is 0 Å². The summed E-state index contributed by atoms with van der Waals surface area (Å²) in [4.78, 5) is 13.2. The summed E-state index contributed by atoms with van der Waals surface area (Å²) in [5.74, 6) is -0.254. The minimum atomic E-state index is -0.278. The number of hydrogen-bond donors (Lipinski definition) is 0. The average molecular weight is 340 g/mol. The Morgan fingerprint density at radius 2 is 1.58 bits per heavy atom. The summed E-state index contributed by atoms with van der Waals surface area (Å²) in [6.45, 7) is 2.07. The number of hydrogen-bond acceptors (Lipinski definition) is 2. The molecule has 1 unspecified atom stereocenters. The molecule has 1 atom stereocenters. The van der Waals surface area contributed by atoms with E-state index in [0.29, 0.717) is 6.42 Å². The van der Waals surface area contributed by atoms with Gasteiger partial charge in [-0.1, -0.05) is 78.4 Å². The standard InChI is InChI=1S/C23H20N2O/c1-17-9-8-10-18(15-17)16-21-22(19-11-4-2-5-12-19)24-25(23(21)26)20-13-6-3-7-14-20/h2-15,21H,16H2,1H3. The van der Waals surface area contributed by atoms with Crippen molar-refractivity contribution in [2.45, 2.75) is 13.3 Å². The van der Waals surface area contributed by atoms with Gasteiger partial charge >= 0.3 is 0 Å². The van der Waals surface area contributed by atoms with Gasteiger partial charge in [-0.05, 0) is 36.6 Å². The molecule has 0 spiro atoms. The van der Waals surface area contributed by atoms with Gasteiger partial charge in [0.05, 0.1) is 17.3 Å². The summed E-state index contributed by atoms with van der Waals surface area (Å²) in [6.07, 6.45) is 0.650. The fraction of sp³-hybridized carbons (Fsp3) is 0.130. The van der Waals surface area contributed by atoms with Crippen LogP contribution in [0.15, 0.2) is 90.0 Å². The molecule has 1 amide bonds. The molecule has 0 radical (unpaired) electrons. The van der Waals surface area contributed by atoms with Crippen LogP contribution in [0.1, 0.15) is 16.7 Å². The van der Waals surface area contributed by atoms with Crippen LogP contribution in [0.2, 0.25) is 0 Å². The van der Waals surface area contributed by atoms with E-state index in [1.807, 2.05) is 66.7 Å². The highest BCUT2D eigenvalue weighted by Gasteiger charge is 2.37. The average Bonchev–Trinajstić information content (AvgIpc) is 3.00. The second-order valence-corrected chi connectivity index (χ2v) is 6.58. The predicted molar refractivity (Wildman–Crippen MR) is 105 cm³/mol. The molecule has 128 valence electrons. The summed E-state index contributed by atoms with van der Waals surface area (Å²) in [5.41, 5.74) is 4.99. The van der Waals surface area contributed by atoms with Crippen LogP contribution < -0.4 is 5.01 Å². The highest BCUT2D eigenvalue weighted by atomic mass is 16.2. The van der Waals surface area contributed by atoms with Crippen molar-refractivity contribution in [1.82, 2.24) is 0 Å². The Balaban J connectivity index is 1.73. The first-order valence-electron chi connectivity index (χ1n) is 8.81. The van der Waals surface area contributed by atoms with Gasteiger partial charge in [0, 0.05) is 0 Å². The monoisotopic (exact) mass is 340 g/mol. The lowest BCUT2D eigenvalue weighted by atomic mass is 9.90. The summed E-state index contributed by atoms with van der Waals surface area (Å²) in [6, 6.07) is 27.9. The van der Waals surface area contributed by atoms with Crippen LogP contribution in [-0.4, -0.2) is 11.6 Å². The van der Waals surface area contributed by atoms with Crippen molar-refractivity contribution < 1.29 is 4.79 Å². The van der Waals surface area contributed by atoms with E-state index in [4.69, 9.17) is 5.10 Å². The Hall–Kier alpha value is -3.20. The number of benzene rings is 3. The fourth-order valence-electron chi connectivity index (χ4n) is 3.37. The van der Waals surface area contributed by atoms with Gasteiger partial charge in [0.25, 0.3) is 5.91 Å². The minimum Gasteiger partial charge on any atom is -0.272 e. The van der Waals surface area contributed by atoms with Gasteiger partial charge in [-0.15, -0.1) is 0 Å². The topological polar surface area (TPSA) is 32.7 Å². The molecule has 0 saturated heterocycles. The highest BCUT2D eigenvalue weighted by Crippen LogP contribution is 2.29. The summed E-state index contributed by atoms with van der Waals surface area (Å²) in [7, 11) is 0. The zero-order valence-electron chi connectivity index (χ0n) is 14.7. The zero-order chi connectivity index (χ0) is 17.9. The van der Waals surface area contributed by atoms with Crippen LogP contribution >= 0.6 is 0 Å². The summed E-state index contributed by atoms with van der Waals surface area (Å²) >= 11 is 0. The van der Waals surface area contributed by atoms with Gasteiger partial charge in [-0.3, -0.25) is 4.79 Å². The minimum absolute atomic E-state index is 0.0246. The Bertz CT molecular complexity index is 948. The number of para-hydroxylation sites is 1. The van der Waals surface area contributed by atoms with Gasteiger partial charge in [0.2, 0.25) is 0 Å². The van der Waals surface area contributed by atoms with E-state index in [0.717, 1.165) is 22.5 Å². The molecule has 1 aliphatic rings. The molecular weight excluding hydrogens is 320 g/mol. The van der Waals surface area contributed by atoms with Gasteiger partial charge < -0.3 is 0 Å². The van der Waals surface area contributed by atoms with Crippen molar-refractivity contribution in [3.63, 3.8) is 0 Å². The summed E-state index contributed by atoms with van der Waals surface area (Å²) < 4.78 is 0. The van der Waals surface area contributed by atoms with E-state index in [9.17, 15) is 4.79 Å². The van der Waals surface area contributed by atoms with E-state index >= 15 is 0 Å². The maximum atomic E-state index is 13.2. The number of rotatable bonds is 4. The Morgan fingerprint density at radius 3 is 2.27 bits per heavy atom. The molecule has 4 rings (SSSR count). The number of hydrazone groups is 1. The third-order valence-corrected chi connectivity index (χ3v) is 4.64. The van der Waals surface area contributed by atoms with Gasteiger partial charge in [0.15, 0.2) is 0 Å². The first-order valence-corrected chi connectivity index (χ1v) is 8.81. The van der Waals surface area contributed by atoms with Crippen LogP contribution in [0.25, 0.3) is 0 Å². The summed E-state index contributed by atoms with van der Waals surface area (Å²) in [5, 5.41) is 6.25. The van der Waals surface area contributed by atoms with Gasteiger partial charge in [-0.2, -0.15) is 10.1 Å². The molecule has 0 aromatic heterocycles. The maximum Gasteiger partial charge on any atom is 0.256 e. The molecule has 3 aromatic rings. The van der Waals surface area contributed by atoms with E-state index in [1.54, 1.807) is 5.01 Å². The predicted octanol–water partition coefficient (Wildman–Crippen LogP) is 4.60. The third-order valence-electron chi connectivity index (χ3n) is 4.64. The van der Waals surface area contributed by atoms with Crippen LogP contribution in [0.5, 0.6) is 0 Å². The first kappa shape index (κ1) is 16.3. The smallest absolute Gasteiger partial charge is 0.256 e. The van der Waals surface area contributed by atoms with E-state index in [1.165, 1.54) is 5.56 Å². The third kappa shape index (κ3) is 3.16. The van der Waals surface area contributed by atoms with Crippen molar-refractivity contribution in [3.8, 4) is 0 Å². The molecule has 0 aliphatic carbocycles. The molecule has 0 fully saturated rings. The highest BCUT2D eigenvalue weighted by molar-refractivity contribution is 6.21. The van der Waals surface area contributed by atoms with Crippen molar-refractivity contribution >= 4 is 17.3 Å². The number of carbonyl (C=O) groups is 1. The molecule has 26 heavy (non-hydrogen) atoms. The first-order chi connectivity index (χ1) is 12.7. The molecule has 3 aromatic carbocycles. The van der Waals surface area contributed by atoms with E-state index < -0.39 is 0 Å². The second kappa shape index (κ2) is 6.96. The quantitative estimate of drug-likeness (QED) is 0.683.